The van der Waals surface area contributed by atoms with Gasteiger partial charge >= 0.3 is 0 Å². The van der Waals surface area contributed by atoms with Gasteiger partial charge in [-0.15, -0.1) is 0 Å². The van der Waals surface area contributed by atoms with Crippen molar-refractivity contribution in [2.24, 2.45) is 0 Å². The molecule has 3 rings (SSSR count). The van der Waals surface area contributed by atoms with Gasteiger partial charge in [-0.2, -0.15) is 0 Å². The lowest BCUT2D eigenvalue weighted by molar-refractivity contribution is -0.384. The summed E-state index contributed by atoms with van der Waals surface area (Å²) in [6.45, 7) is 5.10. The topological polar surface area (TPSA) is 122 Å². The number of nitrogens with zero attached hydrogens (tertiary/aromatic N) is 4. The van der Waals surface area contributed by atoms with Gasteiger partial charge in [0, 0.05) is 44.9 Å². The molecule has 2 heterocycles. The number of benzene rings is 1. The lowest BCUT2D eigenvalue weighted by Gasteiger charge is -2.35. The Morgan fingerprint density at radius 1 is 1.26 bits per heavy atom. The molecule has 0 aliphatic carbocycles. The van der Waals surface area contributed by atoms with Crippen LogP contribution in [-0.4, -0.2) is 56.6 Å². The molecule has 1 N–H and O–H groups in total. The van der Waals surface area contributed by atoms with Crippen molar-refractivity contribution in [1.29, 1.82) is 0 Å². The van der Waals surface area contributed by atoms with Crippen molar-refractivity contribution < 1.29 is 17.9 Å². The summed E-state index contributed by atoms with van der Waals surface area (Å²) < 4.78 is 31.1. The molecule has 0 spiro atoms. The lowest BCUT2D eigenvalue weighted by Crippen LogP contribution is -2.46. The fraction of sp³-hybridized carbons (Fsp3) is 0.438. The molecule has 1 fully saturated rings. The Morgan fingerprint density at radius 3 is 2.52 bits per heavy atom. The second kappa shape index (κ2) is 7.62. The van der Waals surface area contributed by atoms with Crippen LogP contribution in [0.1, 0.15) is 11.5 Å². The van der Waals surface area contributed by atoms with E-state index in [0.717, 1.165) is 17.5 Å². The van der Waals surface area contributed by atoms with Gasteiger partial charge < -0.3 is 9.42 Å². The van der Waals surface area contributed by atoms with Crippen LogP contribution in [0.2, 0.25) is 0 Å². The van der Waals surface area contributed by atoms with Gasteiger partial charge in [0.2, 0.25) is 10.0 Å². The van der Waals surface area contributed by atoms with Crippen molar-refractivity contribution in [2.45, 2.75) is 18.4 Å². The van der Waals surface area contributed by atoms with Gasteiger partial charge in [-0.3, -0.25) is 15.0 Å². The Balaban J connectivity index is 1.74. The normalized spacial score (nSPS) is 15.9. The van der Waals surface area contributed by atoms with Crippen LogP contribution < -0.4 is 9.62 Å². The number of nitro benzene ring substituents is 1. The van der Waals surface area contributed by atoms with E-state index in [0.29, 0.717) is 38.4 Å². The van der Waals surface area contributed by atoms with Crippen LogP contribution in [0.5, 0.6) is 0 Å². The SMILES string of the molecule is CNS(=O)(=O)c1ccc(N2CCN(Cc3cc(C)on3)CC2)c([N+](=O)[O-])c1. The molecule has 0 amide bonds. The van der Waals surface area contributed by atoms with E-state index in [4.69, 9.17) is 4.52 Å². The zero-order valence-corrected chi connectivity index (χ0v) is 15.9. The van der Waals surface area contributed by atoms with Crippen LogP contribution in [0.15, 0.2) is 33.7 Å². The molecule has 0 saturated carbocycles. The van der Waals surface area contributed by atoms with Crippen LogP contribution in [0.25, 0.3) is 0 Å². The summed E-state index contributed by atoms with van der Waals surface area (Å²) in [4.78, 5) is 14.9. The minimum atomic E-state index is -3.74. The predicted molar refractivity (Wildman–Crippen MR) is 98.1 cm³/mol. The van der Waals surface area contributed by atoms with E-state index in [-0.39, 0.29) is 10.6 Å². The smallest absolute Gasteiger partial charge is 0.293 e. The van der Waals surface area contributed by atoms with Gasteiger partial charge in [0.05, 0.1) is 15.5 Å². The zero-order chi connectivity index (χ0) is 19.6. The molecule has 1 aliphatic rings. The van der Waals surface area contributed by atoms with Crippen LogP contribution >= 0.6 is 0 Å². The highest BCUT2D eigenvalue weighted by Gasteiger charge is 2.26. The maximum atomic E-state index is 11.9. The molecule has 1 saturated heterocycles. The van der Waals surface area contributed by atoms with E-state index in [1.54, 1.807) is 0 Å². The average Bonchev–Trinajstić information content (AvgIpc) is 3.06. The van der Waals surface area contributed by atoms with Crippen LogP contribution in [0.4, 0.5) is 11.4 Å². The largest absolute Gasteiger partial charge is 0.363 e. The first-order chi connectivity index (χ1) is 12.8. The van der Waals surface area contributed by atoms with Crippen LogP contribution in [-0.2, 0) is 16.6 Å². The number of sulfonamides is 1. The van der Waals surface area contributed by atoms with Gasteiger partial charge in [-0.05, 0) is 26.1 Å². The molecular weight excluding hydrogens is 374 g/mol. The van der Waals surface area contributed by atoms with E-state index in [9.17, 15) is 18.5 Å². The van der Waals surface area contributed by atoms with Crippen LogP contribution in [0, 0.1) is 17.0 Å². The maximum Gasteiger partial charge on any atom is 0.293 e. The summed E-state index contributed by atoms with van der Waals surface area (Å²) in [6.07, 6.45) is 0. The van der Waals surface area contributed by atoms with E-state index in [2.05, 4.69) is 14.8 Å². The maximum absolute atomic E-state index is 11.9. The molecule has 10 nitrogen and oxygen atoms in total. The molecule has 11 heteroatoms. The number of anilines is 1. The Kier molecular flexibility index (Phi) is 5.44. The van der Waals surface area contributed by atoms with Gasteiger partial charge in [0.15, 0.2) is 0 Å². The van der Waals surface area contributed by atoms with Crippen LogP contribution in [0.3, 0.4) is 0 Å². The molecule has 0 radical (unpaired) electrons. The Labute approximate surface area is 156 Å². The quantitative estimate of drug-likeness (QED) is 0.570. The van der Waals surface area contributed by atoms with Crippen molar-refractivity contribution in [2.75, 3.05) is 38.1 Å². The molecular formula is C16H21N5O5S. The third-order valence-corrected chi connectivity index (χ3v) is 5.91. The average molecular weight is 395 g/mol. The van der Waals surface area contributed by atoms with Gasteiger partial charge in [-0.1, -0.05) is 5.16 Å². The molecule has 27 heavy (non-hydrogen) atoms. The number of aromatic nitrogens is 1. The second-order valence-corrected chi connectivity index (χ2v) is 8.19. The minimum Gasteiger partial charge on any atom is -0.363 e. The fourth-order valence-corrected chi connectivity index (χ4v) is 3.82. The van der Waals surface area contributed by atoms with Crippen molar-refractivity contribution in [3.05, 3.63) is 45.8 Å². The van der Waals surface area contributed by atoms with Gasteiger partial charge in [0.1, 0.15) is 11.4 Å². The standard InChI is InChI=1S/C16H21N5O5S/c1-12-9-13(18-26-12)11-19-5-7-20(8-6-19)15-4-3-14(27(24,25)17-2)10-16(15)21(22)23/h3-4,9-10,17H,5-8,11H2,1-2H3. The van der Waals surface area contributed by atoms with Crippen molar-refractivity contribution in [3.63, 3.8) is 0 Å². The molecule has 1 aromatic carbocycles. The Morgan fingerprint density at radius 2 is 1.96 bits per heavy atom. The summed E-state index contributed by atoms with van der Waals surface area (Å²) in [5.74, 6) is 0.760. The highest BCUT2D eigenvalue weighted by Crippen LogP contribution is 2.31. The first-order valence-electron chi connectivity index (χ1n) is 8.41. The Bertz CT molecular complexity index is 934. The summed E-state index contributed by atoms with van der Waals surface area (Å²) in [5.41, 5.74) is 1.06. The molecule has 2 aromatic rings. The monoisotopic (exact) mass is 395 g/mol. The molecule has 0 unspecified atom stereocenters. The minimum absolute atomic E-state index is 0.125. The summed E-state index contributed by atoms with van der Waals surface area (Å²) in [5, 5.41) is 15.5. The van der Waals surface area contributed by atoms with E-state index in [1.807, 2.05) is 17.9 Å². The number of nitrogens with one attached hydrogen (secondary N) is 1. The lowest BCUT2D eigenvalue weighted by atomic mass is 10.2. The zero-order valence-electron chi connectivity index (χ0n) is 15.1. The summed E-state index contributed by atoms with van der Waals surface area (Å²) in [7, 11) is -2.47. The van der Waals surface area contributed by atoms with Crippen molar-refractivity contribution in [3.8, 4) is 0 Å². The third kappa shape index (κ3) is 4.26. The number of piperazine rings is 1. The van der Waals surface area contributed by atoms with E-state index in [1.165, 1.54) is 19.2 Å². The predicted octanol–water partition coefficient (Wildman–Crippen LogP) is 1.12. The van der Waals surface area contributed by atoms with Gasteiger partial charge in [-0.25, -0.2) is 13.1 Å². The van der Waals surface area contributed by atoms with Crippen molar-refractivity contribution >= 4 is 21.4 Å². The van der Waals surface area contributed by atoms with Crippen molar-refractivity contribution in [1.82, 2.24) is 14.8 Å². The highest BCUT2D eigenvalue weighted by atomic mass is 32.2. The first-order valence-corrected chi connectivity index (χ1v) is 9.90. The molecule has 146 valence electrons. The summed E-state index contributed by atoms with van der Waals surface area (Å²) >= 11 is 0. The van der Waals surface area contributed by atoms with E-state index < -0.39 is 14.9 Å². The molecule has 0 atom stereocenters. The Hall–Kier alpha value is -2.50. The number of hydrogen-bond acceptors (Lipinski definition) is 8. The molecule has 1 aliphatic heterocycles. The number of hydrogen-bond donors (Lipinski definition) is 1. The first kappa shape index (κ1) is 19.3. The van der Waals surface area contributed by atoms with E-state index >= 15 is 0 Å². The molecule has 0 bridgehead atoms. The number of aryl methyl sites for hydroxylation is 1. The molecule has 1 aromatic heterocycles. The number of nitro groups is 1. The van der Waals surface area contributed by atoms with Gasteiger partial charge in [0.25, 0.3) is 5.69 Å². The third-order valence-electron chi connectivity index (χ3n) is 4.50. The second-order valence-electron chi connectivity index (χ2n) is 6.31. The highest BCUT2D eigenvalue weighted by molar-refractivity contribution is 7.89. The number of rotatable bonds is 6. The fourth-order valence-electron chi connectivity index (χ4n) is 3.07. The summed E-state index contributed by atoms with van der Waals surface area (Å²) in [6, 6.07) is 5.88.